The number of hydrogen-bond acceptors (Lipinski definition) is 1. The standard InChI is InChI=1S/C7H12N2O.C2H6/c1-9-6-4-2-3-5(6)8-7(9)10;1-2/h5-6H,2-4H2,1H3,(H,8,10);1-2H3. The Morgan fingerprint density at radius 2 is 2.08 bits per heavy atom. The van der Waals surface area contributed by atoms with Crippen molar-refractivity contribution < 1.29 is 4.79 Å². The van der Waals surface area contributed by atoms with Crippen LogP contribution < -0.4 is 5.32 Å². The van der Waals surface area contributed by atoms with Crippen LogP contribution in [0.5, 0.6) is 0 Å². The molecular weight excluding hydrogens is 152 g/mol. The number of likely N-dealkylation sites (N-methyl/N-ethyl adjacent to an activating group) is 1. The van der Waals surface area contributed by atoms with E-state index < -0.39 is 0 Å². The van der Waals surface area contributed by atoms with Crippen LogP contribution in [0.2, 0.25) is 0 Å². The van der Waals surface area contributed by atoms with Crippen LogP contribution in [0.1, 0.15) is 33.1 Å². The van der Waals surface area contributed by atoms with E-state index in [2.05, 4.69) is 5.32 Å². The molecule has 3 heteroatoms. The fourth-order valence-electron chi connectivity index (χ4n) is 1.98. The van der Waals surface area contributed by atoms with Gasteiger partial charge in [-0.1, -0.05) is 13.8 Å². The van der Waals surface area contributed by atoms with Crippen molar-refractivity contribution in [3.8, 4) is 0 Å². The summed E-state index contributed by atoms with van der Waals surface area (Å²) in [6.45, 7) is 4.00. The van der Waals surface area contributed by atoms with Crippen molar-refractivity contribution in [3.63, 3.8) is 0 Å². The molecule has 0 aromatic heterocycles. The highest BCUT2D eigenvalue weighted by molar-refractivity contribution is 5.77. The summed E-state index contributed by atoms with van der Waals surface area (Å²) in [6.07, 6.45) is 3.61. The highest BCUT2D eigenvalue weighted by Crippen LogP contribution is 2.27. The summed E-state index contributed by atoms with van der Waals surface area (Å²) in [5.41, 5.74) is 0. The second-order valence-corrected chi connectivity index (χ2v) is 3.17. The first-order chi connectivity index (χ1) is 5.79. The van der Waals surface area contributed by atoms with Crippen LogP contribution in [-0.4, -0.2) is 30.1 Å². The van der Waals surface area contributed by atoms with Crippen LogP contribution in [-0.2, 0) is 0 Å². The summed E-state index contributed by atoms with van der Waals surface area (Å²) in [5, 5.41) is 2.95. The van der Waals surface area contributed by atoms with E-state index in [0.717, 1.165) is 0 Å². The van der Waals surface area contributed by atoms with Gasteiger partial charge in [-0.2, -0.15) is 0 Å². The molecule has 2 atom stereocenters. The van der Waals surface area contributed by atoms with Gasteiger partial charge in [0.25, 0.3) is 0 Å². The molecule has 1 aliphatic heterocycles. The van der Waals surface area contributed by atoms with E-state index in [0.29, 0.717) is 12.1 Å². The Morgan fingerprint density at radius 3 is 2.67 bits per heavy atom. The zero-order valence-corrected chi connectivity index (χ0v) is 8.13. The normalized spacial score (nSPS) is 32.2. The van der Waals surface area contributed by atoms with Crippen LogP contribution in [0.25, 0.3) is 0 Å². The average molecular weight is 170 g/mol. The molecule has 1 saturated heterocycles. The van der Waals surface area contributed by atoms with Gasteiger partial charge in [-0.25, -0.2) is 4.79 Å². The maximum atomic E-state index is 11.0. The number of urea groups is 1. The van der Waals surface area contributed by atoms with Crippen molar-refractivity contribution in [2.75, 3.05) is 7.05 Å². The molecule has 0 aromatic carbocycles. The zero-order valence-electron chi connectivity index (χ0n) is 8.13. The minimum atomic E-state index is 0.106. The van der Waals surface area contributed by atoms with Gasteiger partial charge in [-0.3, -0.25) is 0 Å². The molecule has 0 radical (unpaired) electrons. The van der Waals surface area contributed by atoms with Gasteiger partial charge in [0.2, 0.25) is 0 Å². The second-order valence-electron chi connectivity index (χ2n) is 3.17. The molecule has 70 valence electrons. The number of nitrogens with zero attached hydrogens (tertiary/aromatic N) is 1. The number of carbonyl (C=O) groups is 1. The fraction of sp³-hybridized carbons (Fsp3) is 0.889. The first-order valence-corrected chi connectivity index (χ1v) is 4.82. The number of nitrogens with one attached hydrogen (secondary N) is 1. The van der Waals surface area contributed by atoms with Gasteiger partial charge in [0.1, 0.15) is 0 Å². The summed E-state index contributed by atoms with van der Waals surface area (Å²) < 4.78 is 0. The molecule has 0 bridgehead atoms. The van der Waals surface area contributed by atoms with Crippen molar-refractivity contribution in [2.45, 2.75) is 45.2 Å². The minimum Gasteiger partial charge on any atom is -0.333 e. The maximum absolute atomic E-state index is 11.0. The SMILES string of the molecule is CC.CN1C(=O)NC2CCCC21. The average Bonchev–Trinajstić information content (AvgIpc) is 2.62. The number of rotatable bonds is 0. The van der Waals surface area contributed by atoms with Gasteiger partial charge in [-0.05, 0) is 19.3 Å². The predicted molar refractivity (Wildman–Crippen MR) is 49.1 cm³/mol. The van der Waals surface area contributed by atoms with E-state index in [1.807, 2.05) is 25.8 Å². The van der Waals surface area contributed by atoms with Crippen LogP contribution in [0.3, 0.4) is 0 Å². The third-order valence-corrected chi connectivity index (χ3v) is 2.61. The minimum absolute atomic E-state index is 0.106. The molecule has 0 aromatic rings. The Balaban J connectivity index is 0.000000336. The Labute approximate surface area is 74.1 Å². The molecule has 2 aliphatic rings. The summed E-state index contributed by atoms with van der Waals surface area (Å²) >= 11 is 0. The molecule has 2 amide bonds. The van der Waals surface area contributed by atoms with E-state index in [1.54, 1.807) is 0 Å². The van der Waals surface area contributed by atoms with Crippen LogP contribution >= 0.6 is 0 Å². The second kappa shape index (κ2) is 3.78. The molecule has 0 spiro atoms. The Hall–Kier alpha value is -0.730. The lowest BCUT2D eigenvalue weighted by Crippen LogP contribution is -2.29. The summed E-state index contributed by atoms with van der Waals surface area (Å²) in [4.78, 5) is 12.8. The van der Waals surface area contributed by atoms with Gasteiger partial charge in [0.05, 0.1) is 12.1 Å². The van der Waals surface area contributed by atoms with Crippen molar-refractivity contribution in [2.24, 2.45) is 0 Å². The van der Waals surface area contributed by atoms with E-state index in [9.17, 15) is 4.79 Å². The van der Waals surface area contributed by atoms with Crippen molar-refractivity contribution >= 4 is 6.03 Å². The Bertz CT molecular complexity index is 170. The lowest BCUT2D eigenvalue weighted by molar-refractivity contribution is 0.215. The maximum Gasteiger partial charge on any atom is 0.317 e. The fourth-order valence-corrected chi connectivity index (χ4v) is 1.98. The molecule has 1 aliphatic carbocycles. The van der Waals surface area contributed by atoms with Crippen LogP contribution in [0.4, 0.5) is 4.79 Å². The highest BCUT2D eigenvalue weighted by Gasteiger charge is 2.39. The van der Waals surface area contributed by atoms with Gasteiger partial charge in [-0.15, -0.1) is 0 Å². The molecule has 12 heavy (non-hydrogen) atoms. The monoisotopic (exact) mass is 170 g/mol. The summed E-state index contributed by atoms with van der Waals surface area (Å²) in [5.74, 6) is 0. The first-order valence-electron chi connectivity index (χ1n) is 4.82. The van der Waals surface area contributed by atoms with Crippen molar-refractivity contribution in [3.05, 3.63) is 0 Å². The van der Waals surface area contributed by atoms with Gasteiger partial charge < -0.3 is 10.2 Å². The van der Waals surface area contributed by atoms with E-state index in [-0.39, 0.29) is 6.03 Å². The molecule has 3 nitrogen and oxygen atoms in total. The van der Waals surface area contributed by atoms with E-state index in [4.69, 9.17) is 0 Å². The van der Waals surface area contributed by atoms with E-state index >= 15 is 0 Å². The quantitative estimate of drug-likeness (QED) is 0.588. The summed E-state index contributed by atoms with van der Waals surface area (Å²) in [7, 11) is 1.88. The third-order valence-electron chi connectivity index (χ3n) is 2.61. The van der Waals surface area contributed by atoms with Crippen molar-refractivity contribution in [1.82, 2.24) is 10.2 Å². The molecule has 1 heterocycles. The number of fused-ring (bicyclic) bond motifs is 1. The topological polar surface area (TPSA) is 32.3 Å². The van der Waals surface area contributed by atoms with Gasteiger partial charge >= 0.3 is 6.03 Å². The Morgan fingerprint density at radius 1 is 1.42 bits per heavy atom. The third kappa shape index (κ3) is 1.40. The predicted octanol–water partition coefficient (Wildman–Crippen LogP) is 1.59. The summed E-state index contributed by atoms with van der Waals surface area (Å²) in [6, 6.07) is 1.06. The Kier molecular flexibility index (Phi) is 2.95. The molecule has 1 saturated carbocycles. The molecular formula is C9H18N2O. The van der Waals surface area contributed by atoms with Gasteiger partial charge in [0.15, 0.2) is 0 Å². The molecule has 2 rings (SSSR count). The number of hydrogen-bond donors (Lipinski definition) is 1. The van der Waals surface area contributed by atoms with Gasteiger partial charge in [0, 0.05) is 7.05 Å². The molecule has 2 fully saturated rings. The molecule has 1 N–H and O–H groups in total. The lowest BCUT2D eigenvalue weighted by Gasteiger charge is -2.14. The van der Waals surface area contributed by atoms with Crippen LogP contribution in [0.15, 0.2) is 0 Å². The highest BCUT2D eigenvalue weighted by atomic mass is 16.2. The van der Waals surface area contributed by atoms with E-state index in [1.165, 1.54) is 19.3 Å². The van der Waals surface area contributed by atoms with Crippen molar-refractivity contribution in [1.29, 1.82) is 0 Å². The number of carbonyl (C=O) groups excluding carboxylic acids is 1. The smallest absolute Gasteiger partial charge is 0.317 e. The van der Waals surface area contributed by atoms with Crippen LogP contribution in [0, 0.1) is 0 Å². The number of amides is 2. The largest absolute Gasteiger partial charge is 0.333 e. The zero-order chi connectivity index (χ0) is 9.14. The first kappa shape index (κ1) is 9.36. The lowest BCUT2D eigenvalue weighted by atomic mass is 10.2. The molecule has 2 unspecified atom stereocenters.